The number of carbonyl (C=O) groups excluding carboxylic acids is 1. The van der Waals surface area contributed by atoms with E-state index in [4.69, 9.17) is 17.3 Å². The van der Waals surface area contributed by atoms with E-state index in [0.29, 0.717) is 0 Å². The Morgan fingerprint density at radius 1 is 1.43 bits per heavy atom. The van der Waals surface area contributed by atoms with Crippen molar-refractivity contribution in [2.45, 2.75) is 0 Å². The van der Waals surface area contributed by atoms with Crippen LogP contribution in [0.1, 0.15) is 10.4 Å². The average Bonchev–Trinajstić information content (AvgIpc) is 2.07. The molecular weight excluding hydrogens is 228 g/mol. The first-order valence-corrected chi connectivity index (χ1v) is 5.06. The number of amides is 1. The fourth-order valence-electron chi connectivity index (χ4n) is 0.863. The summed E-state index contributed by atoms with van der Waals surface area (Å²) >= 11 is 5.66. The van der Waals surface area contributed by atoms with Gasteiger partial charge in [0.15, 0.2) is 0 Å². The molecule has 76 valence electrons. The van der Waals surface area contributed by atoms with E-state index in [2.05, 4.69) is 4.72 Å². The lowest BCUT2D eigenvalue weighted by atomic mass is 10.2. The molecular formula is C7H7ClN2O3S. The second kappa shape index (κ2) is 4.30. The molecule has 0 heterocycles. The largest absolute Gasteiger partial charge is 0.366 e. The molecule has 3 N–H and O–H groups in total. The zero-order chi connectivity index (χ0) is 10.7. The van der Waals surface area contributed by atoms with Crippen LogP contribution < -0.4 is 10.5 Å². The van der Waals surface area contributed by atoms with Crippen molar-refractivity contribution in [3.63, 3.8) is 0 Å². The molecule has 1 rings (SSSR count). The maximum Gasteiger partial charge on any atom is 0.248 e. The van der Waals surface area contributed by atoms with Crippen molar-refractivity contribution >= 4 is 34.1 Å². The molecule has 0 aliphatic rings. The first-order chi connectivity index (χ1) is 6.50. The Labute approximate surface area is 86.9 Å². The van der Waals surface area contributed by atoms with E-state index in [-0.39, 0.29) is 16.3 Å². The predicted octanol–water partition coefficient (Wildman–Crippen LogP) is 0.377. The second-order valence-electron chi connectivity index (χ2n) is 2.43. The zero-order valence-corrected chi connectivity index (χ0v) is 8.51. The molecule has 5 nitrogen and oxygen atoms in total. The summed E-state index contributed by atoms with van der Waals surface area (Å²) < 4.78 is 22.8. The van der Waals surface area contributed by atoms with Gasteiger partial charge in [0, 0.05) is 5.56 Å². The minimum Gasteiger partial charge on any atom is -0.366 e. The number of primary amides is 1. The molecule has 0 aliphatic heterocycles. The Morgan fingerprint density at radius 3 is 2.57 bits per heavy atom. The Morgan fingerprint density at radius 2 is 2.07 bits per heavy atom. The van der Waals surface area contributed by atoms with Crippen LogP contribution in [-0.4, -0.2) is 14.3 Å². The molecule has 0 saturated carbocycles. The first kappa shape index (κ1) is 10.8. The summed E-state index contributed by atoms with van der Waals surface area (Å²) in [6.07, 6.45) is 0. The summed E-state index contributed by atoms with van der Waals surface area (Å²) in [4.78, 5) is 10.8. The van der Waals surface area contributed by atoms with E-state index in [1.54, 1.807) is 0 Å². The van der Waals surface area contributed by atoms with E-state index < -0.39 is 16.8 Å². The van der Waals surface area contributed by atoms with Crippen molar-refractivity contribution in [3.05, 3.63) is 28.8 Å². The van der Waals surface area contributed by atoms with Crippen LogP contribution in [0.5, 0.6) is 0 Å². The third kappa shape index (κ3) is 2.61. The maximum atomic E-state index is 10.8. The number of nitrogens with two attached hydrogens (primary N) is 1. The highest BCUT2D eigenvalue weighted by atomic mass is 35.5. The molecule has 14 heavy (non-hydrogen) atoms. The fourth-order valence-corrected chi connectivity index (χ4v) is 1.47. The van der Waals surface area contributed by atoms with Crippen LogP contribution >= 0.6 is 11.6 Å². The highest BCUT2D eigenvalue weighted by molar-refractivity contribution is 7.73. The number of nitrogens with one attached hydrogen (secondary N) is 1. The van der Waals surface area contributed by atoms with Crippen molar-refractivity contribution in [1.82, 2.24) is 0 Å². The van der Waals surface area contributed by atoms with Crippen LogP contribution in [0.4, 0.5) is 5.69 Å². The van der Waals surface area contributed by atoms with Gasteiger partial charge in [-0.05, 0) is 18.2 Å². The van der Waals surface area contributed by atoms with E-state index >= 15 is 0 Å². The lowest BCUT2D eigenvalue weighted by Crippen LogP contribution is -2.11. The van der Waals surface area contributed by atoms with Crippen LogP contribution in [-0.2, 0) is 10.9 Å². The average molecular weight is 235 g/mol. The van der Waals surface area contributed by atoms with Gasteiger partial charge in [-0.1, -0.05) is 11.6 Å². The van der Waals surface area contributed by atoms with Gasteiger partial charge in [-0.3, -0.25) is 9.52 Å². The third-order valence-electron chi connectivity index (χ3n) is 1.46. The number of rotatable bonds is 3. The number of anilines is 1. The third-order valence-corrected chi connectivity index (χ3v) is 2.22. The number of benzene rings is 1. The van der Waals surface area contributed by atoms with Gasteiger partial charge < -0.3 is 5.73 Å². The van der Waals surface area contributed by atoms with Crippen molar-refractivity contribution < 1.29 is 13.2 Å². The summed E-state index contributed by atoms with van der Waals surface area (Å²) in [7, 11) is -2.81. The molecule has 0 aliphatic carbocycles. The van der Waals surface area contributed by atoms with Gasteiger partial charge in [0.25, 0.3) is 0 Å². The number of hydrogen-bond acceptors (Lipinski definition) is 3. The molecule has 0 unspecified atom stereocenters. The molecule has 0 bridgehead atoms. The molecule has 7 heteroatoms. The first-order valence-electron chi connectivity index (χ1n) is 3.51. The Bertz CT molecular complexity index is 437. The molecule has 0 radical (unpaired) electrons. The molecule has 1 amide bonds. The van der Waals surface area contributed by atoms with Crippen LogP contribution in [0, 0.1) is 0 Å². The minimum atomic E-state index is -2.81. The van der Waals surface area contributed by atoms with Crippen molar-refractivity contribution in [2.75, 3.05) is 4.72 Å². The van der Waals surface area contributed by atoms with Gasteiger partial charge in [0.1, 0.15) is 0 Å². The van der Waals surface area contributed by atoms with Gasteiger partial charge in [0.05, 0.1) is 10.7 Å². The van der Waals surface area contributed by atoms with E-state index in [1.807, 2.05) is 0 Å². The standard InChI is InChI=1S/C7H7ClN2O3S/c8-5-2-1-4(7(9)11)3-6(5)10-14(12)13/h1-3,14H,(H2,9,11)(H,10,12,13). The second-order valence-corrected chi connectivity index (χ2v) is 3.57. The van der Waals surface area contributed by atoms with Crippen molar-refractivity contribution in [2.24, 2.45) is 5.73 Å². The van der Waals surface area contributed by atoms with Crippen molar-refractivity contribution in [3.8, 4) is 0 Å². The molecule has 0 spiro atoms. The zero-order valence-electron chi connectivity index (χ0n) is 6.86. The molecule has 0 fully saturated rings. The van der Waals surface area contributed by atoms with E-state index in [0.717, 1.165) is 0 Å². The van der Waals surface area contributed by atoms with Crippen LogP contribution in [0.3, 0.4) is 0 Å². The quantitative estimate of drug-likeness (QED) is 0.661. The van der Waals surface area contributed by atoms with Gasteiger partial charge >= 0.3 is 0 Å². The molecule has 0 saturated heterocycles. The number of halogens is 1. The Kier molecular flexibility index (Phi) is 3.32. The highest BCUT2D eigenvalue weighted by Crippen LogP contribution is 2.22. The highest BCUT2D eigenvalue weighted by Gasteiger charge is 2.05. The molecule has 1 aromatic rings. The lowest BCUT2D eigenvalue weighted by Gasteiger charge is -2.03. The summed E-state index contributed by atoms with van der Waals surface area (Å²) in [5, 5.41) is 0.203. The van der Waals surface area contributed by atoms with E-state index in [1.165, 1.54) is 18.2 Å². The van der Waals surface area contributed by atoms with Gasteiger partial charge in [-0.15, -0.1) is 0 Å². The summed E-state index contributed by atoms with van der Waals surface area (Å²) in [6, 6.07) is 4.08. The number of carbonyl (C=O) groups is 1. The predicted molar refractivity (Wildman–Crippen MR) is 53.9 cm³/mol. The van der Waals surface area contributed by atoms with E-state index in [9.17, 15) is 13.2 Å². The van der Waals surface area contributed by atoms with Crippen LogP contribution in [0.2, 0.25) is 5.02 Å². The summed E-state index contributed by atoms with van der Waals surface area (Å²) in [5.41, 5.74) is 5.33. The monoisotopic (exact) mass is 234 g/mol. The summed E-state index contributed by atoms with van der Waals surface area (Å²) in [6.45, 7) is 0. The lowest BCUT2D eigenvalue weighted by molar-refractivity contribution is 0.100. The van der Waals surface area contributed by atoms with Gasteiger partial charge in [0.2, 0.25) is 16.8 Å². The number of thiol groups is 1. The normalized spacial score (nSPS) is 10.1. The SMILES string of the molecule is NC(=O)c1ccc(Cl)c(N[SH](=O)=O)c1. The molecule has 1 aromatic carbocycles. The van der Waals surface area contributed by atoms with Gasteiger partial charge in [-0.2, -0.15) is 0 Å². The van der Waals surface area contributed by atoms with Gasteiger partial charge in [-0.25, -0.2) is 8.42 Å². The maximum absolute atomic E-state index is 10.8. The Hall–Kier alpha value is -1.27. The minimum absolute atomic E-state index is 0.138. The van der Waals surface area contributed by atoms with Crippen molar-refractivity contribution in [1.29, 1.82) is 0 Å². The van der Waals surface area contributed by atoms with Crippen LogP contribution in [0.15, 0.2) is 18.2 Å². The molecule has 0 aromatic heterocycles. The van der Waals surface area contributed by atoms with Crippen LogP contribution in [0.25, 0.3) is 0 Å². The fraction of sp³-hybridized carbons (Fsp3) is 0. The smallest absolute Gasteiger partial charge is 0.248 e. The Balaban J connectivity index is 3.14. The summed E-state index contributed by atoms with van der Waals surface area (Å²) in [5.74, 6) is -0.647. The topological polar surface area (TPSA) is 89.3 Å². The number of hydrogen-bond donors (Lipinski definition) is 3. The molecule has 0 atom stereocenters.